The minimum atomic E-state index is 1.34. The van der Waals surface area contributed by atoms with Crippen molar-refractivity contribution in [3.8, 4) is 0 Å². The Bertz CT molecular complexity index is 120. The summed E-state index contributed by atoms with van der Waals surface area (Å²) in [5.74, 6) is 0. The average molecular weight is 126 g/mol. The molecule has 0 spiro atoms. The van der Waals surface area contributed by atoms with Crippen LogP contribution in [0.3, 0.4) is 0 Å². The van der Waals surface area contributed by atoms with Gasteiger partial charge in [-0.2, -0.15) is 0 Å². The average Bonchev–Trinajstić information content (AvgIpc) is 1.83. The molecule has 0 atom stereocenters. The highest BCUT2D eigenvalue weighted by Gasteiger charge is 1.71. The topological polar surface area (TPSA) is 0 Å². The second-order valence-corrected chi connectivity index (χ2v) is 2.61. The van der Waals surface area contributed by atoms with Crippen LogP contribution in [0.5, 0.6) is 0 Å². The van der Waals surface area contributed by atoms with Crippen LogP contribution in [0.4, 0.5) is 0 Å². The minimum absolute atomic E-state index is 1.34. The van der Waals surface area contributed by atoms with Crippen molar-refractivity contribution in [3.63, 3.8) is 0 Å². The van der Waals surface area contributed by atoms with E-state index >= 15 is 0 Å². The van der Waals surface area contributed by atoms with Crippen LogP contribution in [0.15, 0.2) is 24.8 Å². The maximum atomic E-state index is 3.56. The van der Waals surface area contributed by atoms with Gasteiger partial charge in [0.25, 0.3) is 0 Å². The highest BCUT2D eigenvalue weighted by Crippen LogP contribution is 1.92. The second kappa shape index (κ2) is 4.80. The molecule has 0 aromatic rings. The van der Waals surface area contributed by atoms with E-state index in [1.165, 1.54) is 13.5 Å². The Morgan fingerprint density at radius 2 is 2.25 bits per heavy atom. The van der Waals surface area contributed by atoms with Gasteiger partial charge in [0.1, 0.15) is 0 Å². The van der Waals surface area contributed by atoms with Crippen LogP contribution < -0.4 is 0 Å². The molecular formula is C7H11P. The minimum Gasteiger partial charge on any atom is -0.105 e. The molecule has 0 aliphatic rings. The fraction of sp³-hybridized carbons (Fsp3) is 0.286. The lowest BCUT2D eigenvalue weighted by Crippen LogP contribution is -1.73. The number of allylic oxidation sites excluding steroid dienone is 3. The van der Waals surface area contributed by atoms with Crippen molar-refractivity contribution in [1.29, 1.82) is 0 Å². The fourth-order valence-corrected chi connectivity index (χ4v) is 0.517. The molecule has 0 aliphatic heterocycles. The lowest BCUT2D eigenvalue weighted by atomic mass is 10.4. The molecule has 0 aromatic carbocycles. The summed E-state index contributed by atoms with van der Waals surface area (Å²) >= 11 is 0. The van der Waals surface area contributed by atoms with Gasteiger partial charge in [0, 0.05) is 0 Å². The molecule has 44 valence electrons. The summed E-state index contributed by atoms with van der Waals surface area (Å²) in [6.45, 7) is 7.78. The monoisotopic (exact) mass is 126 g/mol. The van der Waals surface area contributed by atoms with Crippen LogP contribution in [0.1, 0.15) is 6.92 Å². The molecule has 0 unspecified atom stereocenters. The lowest BCUT2D eigenvalue weighted by Gasteiger charge is -1.81. The van der Waals surface area contributed by atoms with Crippen LogP contribution in [0, 0.1) is 0 Å². The largest absolute Gasteiger partial charge is 0.105 e. The van der Waals surface area contributed by atoms with Crippen molar-refractivity contribution in [2.75, 3.05) is 6.66 Å². The van der Waals surface area contributed by atoms with E-state index < -0.39 is 0 Å². The van der Waals surface area contributed by atoms with Gasteiger partial charge in [-0.05, 0) is 18.9 Å². The Labute approximate surface area is 52.7 Å². The Kier molecular flexibility index (Phi) is 4.59. The molecule has 0 fully saturated rings. The fourth-order valence-electron chi connectivity index (χ4n) is 0.282. The quantitative estimate of drug-likeness (QED) is 0.394. The molecule has 0 nitrogen and oxygen atoms in total. The van der Waals surface area contributed by atoms with Gasteiger partial charge in [-0.25, -0.2) is 0 Å². The van der Waals surface area contributed by atoms with Crippen LogP contribution >= 0.6 is 8.20 Å². The Morgan fingerprint density at radius 3 is 2.62 bits per heavy atom. The van der Waals surface area contributed by atoms with Crippen molar-refractivity contribution in [1.82, 2.24) is 0 Å². The van der Waals surface area contributed by atoms with Crippen molar-refractivity contribution < 1.29 is 0 Å². The third-order valence-electron chi connectivity index (χ3n) is 0.826. The van der Waals surface area contributed by atoms with Crippen LogP contribution in [0.25, 0.3) is 0 Å². The molecule has 0 aromatic heterocycles. The normalized spacial score (nSPS) is 12.5. The zero-order valence-corrected chi connectivity index (χ0v) is 6.28. The molecule has 0 rings (SSSR count). The van der Waals surface area contributed by atoms with E-state index in [1.54, 1.807) is 6.08 Å². The molecule has 0 amide bonds. The summed E-state index contributed by atoms with van der Waals surface area (Å²) < 4.78 is 0. The summed E-state index contributed by atoms with van der Waals surface area (Å²) in [4.78, 5) is 0. The first-order valence-electron chi connectivity index (χ1n) is 2.53. The van der Waals surface area contributed by atoms with Crippen LogP contribution in [0.2, 0.25) is 0 Å². The van der Waals surface area contributed by atoms with Gasteiger partial charge in [0.05, 0.1) is 0 Å². The van der Waals surface area contributed by atoms with E-state index in [-0.39, 0.29) is 0 Å². The van der Waals surface area contributed by atoms with Gasteiger partial charge in [-0.15, -0.1) is 8.20 Å². The Balaban J connectivity index is 3.69. The summed E-state index contributed by atoms with van der Waals surface area (Å²) in [5, 5.41) is 1.37. The highest BCUT2D eigenvalue weighted by molar-refractivity contribution is 7.40. The van der Waals surface area contributed by atoms with Gasteiger partial charge >= 0.3 is 0 Å². The third-order valence-corrected chi connectivity index (χ3v) is 1.68. The van der Waals surface area contributed by atoms with E-state index in [0.29, 0.717) is 0 Å². The predicted octanol–water partition coefficient (Wildman–Crippen LogP) is 2.50. The maximum absolute atomic E-state index is 3.56. The third kappa shape index (κ3) is 3.83. The first kappa shape index (κ1) is 7.65. The summed E-state index contributed by atoms with van der Waals surface area (Å²) in [6, 6.07) is 0. The van der Waals surface area contributed by atoms with E-state index in [4.69, 9.17) is 0 Å². The van der Waals surface area contributed by atoms with E-state index in [9.17, 15) is 0 Å². The van der Waals surface area contributed by atoms with Crippen molar-refractivity contribution in [3.05, 3.63) is 24.8 Å². The van der Waals surface area contributed by atoms with Gasteiger partial charge in [0.2, 0.25) is 0 Å². The van der Waals surface area contributed by atoms with E-state index in [2.05, 4.69) is 26.2 Å². The number of rotatable bonds is 2. The van der Waals surface area contributed by atoms with Crippen LogP contribution in [-0.4, -0.2) is 12.0 Å². The van der Waals surface area contributed by atoms with Crippen molar-refractivity contribution in [2.45, 2.75) is 6.92 Å². The van der Waals surface area contributed by atoms with E-state index in [1.807, 2.05) is 6.08 Å². The van der Waals surface area contributed by atoms with Gasteiger partial charge in [0.15, 0.2) is 0 Å². The van der Waals surface area contributed by atoms with Gasteiger partial charge in [-0.1, -0.05) is 24.8 Å². The zero-order valence-electron chi connectivity index (χ0n) is 5.39. The smallest absolute Gasteiger partial charge is 0.0221 e. The molecule has 0 saturated heterocycles. The molecule has 1 heteroatoms. The molecule has 0 aliphatic carbocycles. The standard InChI is InChI=1S/C7H11P/c1-4-5-6-7(2)8-3/h4-6H,1H2,2-3H3/b6-5-. The number of hydrogen-bond donors (Lipinski definition) is 0. The van der Waals surface area contributed by atoms with Gasteiger partial charge in [-0.3, -0.25) is 0 Å². The van der Waals surface area contributed by atoms with Crippen LogP contribution in [-0.2, 0) is 0 Å². The molecule has 0 saturated carbocycles. The molecule has 0 N–H and O–H groups in total. The van der Waals surface area contributed by atoms with Crippen molar-refractivity contribution in [2.24, 2.45) is 0 Å². The zero-order chi connectivity index (χ0) is 6.41. The molecule has 0 heterocycles. The second-order valence-electron chi connectivity index (χ2n) is 1.46. The van der Waals surface area contributed by atoms with Crippen molar-refractivity contribution >= 4 is 13.5 Å². The maximum Gasteiger partial charge on any atom is -0.0221 e. The van der Waals surface area contributed by atoms with Gasteiger partial charge < -0.3 is 0 Å². The molecule has 0 bridgehead atoms. The molecular weight excluding hydrogens is 115 g/mol. The Morgan fingerprint density at radius 1 is 1.62 bits per heavy atom. The first-order valence-corrected chi connectivity index (χ1v) is 3.88. The Hall–Kier alpha value is -0.350. The summed E-state index contributed by atoms with van der Waals surface area (Å²) in [6.07, 6.45) is 5.80. The first-order chi connectivity index (χ1) is 3.81. The number of hydrogen-bond acceptors (Lipinski definition) is 0. The summed E-state index contributed by atoms with van der Waals surface area (Å²) in [7, 11) is 1.34. The predicted molar refractivity (Wildman–Crippen MR) is 42.9 cm³/mol. The lowest BCUT2D eigenvalue weighted by molar-refractivity contribution is 1.95. The molecule has 8 heavy (non-hydrogen) atoms. The van der Waals surface area contributed by atoms with E-state index in [0.717, 1.165) is 0 Å². The highest BCUT2D eigenvalue weighted by atomic mass is 31.1. The summed E-state index contributed by atoms with van der Waals surface area (Å²) in [5.41, 5.74) is 0. The SMILES string of the molecule is C=C/C=C\C(C)=PC. The molecule has 0 radical (unpaired) electrons.